The number of fused-ring (bicyclic) bond motifs is 1. The molecule has 28 heavy (non-hydrogen) atoms. The Labute approximate surface area is 162 Å². The monoisotopic (exact) mass is 377 g/mol. The molecule has 1 aromatic heterocycles. The molecule has 4 rings (SSSR count). The van der Waals surface area contributed by atoms with E-state index >= 15 is 0 Å². The fourth-order valence-corrected chi connectivity index (χ4v) is 3.68. The van der Waals surface area contributed by atoms with E-state index in [4.69, 9.17) is 0 Å². The first-order valence-electron chi connectivity index (χ1n) is 9.52. The van der Waals surface area contributed by atoms with Gasteiger partial charge in [0.1, 0.15) is 0 Å². The van der Waals surface area contributed by atoms with Crippen molar-refractivity contribution in [2.24, 2.45) is 0 Å². The van der Waals surface area contributed by atoms with Crippen molar-refractivity contribution in [3.05, 3.63) is 59.9 Å². The summed E-state index contributed by atoms with van der Waals surface area (Å²) in [4.78, 5) is 24.9. The SMILES string of the molecule is O=C(CNC(=O)c1cn[nH]c1C1CCNCC1)Nc1cccc2ccccc12. The quantitative estimate of drug-likeness (QED) is 0.549. The molecule has 2 amide bonds. The van der Waals surface area contributed by atoms with Crippen LogP contribution in [0.3, 0.4) is 0 Å². The van der Waals surface area contributed by atoms with E-state index in [1.807, 2.05) is 42.5 Å². The molecule has 7 heteroatoms. The number of hydrogen-bond donors (Lipinski definition) is 4. The van der Waals surface area contributed by atoms with E-state index in [1.165, 1.54) is 6.20 Å². The number of aromatic nitrogens is 2. The predicted molar refractivity (Wildman–Crippen MR) is 108 cm³/mol. The van der Waals surface area contributed by atoms with E-state index < -0.39 is 0 Å². The number of benzene rings is 2. The topological polar surface area (TPSA) is 98.9 Å². The number of nitrogens with zero attached hydrogens (tertiary/aromatic N) is 1. The van der Waals surface area contributed by atoms with Gasteiger partial charge in [0.2, 0.25) is 5.91 Å². The van der Waals surface area contributed by atoms with E-state index in [0.29, 0.717) is 5.56 Å². The average Bonchev–Trinajstić information content (AvgIpc) is 3.23. The van der Waals surface area contributed by atoms with Gasteiger partial charge in [0, 0.05) is 17.0 Å². The third kappa shape index (κ3) is 3.89. The van der Waals surface area contributed by atoms with Crippen LogP contribution in [0.15, 0.2) is 48.7 Å². The lowest BCUT2D eigenvalue weighted by atomic mass is 9.92. The zero-order valence-corrected chi connectivity index (χ0v) is 15.5. The molecular formula is C21H23N5O2. The summed E-state index contributed by atoms with van der Waals surface area (Å²) in [7, 11) is 0. The van der Waals surface area contributed by atoms with Crippen LogP contribution in [0, 0.1) is 0 Å². The van der Waals surface area contributed by atoms with Gasteiger partial charge in [0.25, 0.3) is 5.91 Å². The summed E-state index contributed by atoms with van der Waals surface area (Å²) in [5.74, 6) is -0.263. The number of amides is 2. The molecule has 0 bridgehead atoms. The number of piperidine rings is 1. The van der Waals surface area contributed by atoms with Gasteiger partial charge in [-0.1, -0.05) is 36.4 Å². The number of nitrogens with one attached hydrogen (secondary N) is 4. The first-order chi connectivity index (χ1) is 13.7. The molecule has 144 valence electrons. The molecular weight excluding hydrogens is 354 g/mol. The molecule has 4 N–H and O–H groups in total. The lowest BCUT2D eigenvalue weighted by Crippen LogP contribution is -2.34. The van der Waals surface area contributed by atoms with Crippen LogP contribution < -0.4 is 16.0 Å². The Morgan fingerprint density at radius 3 is 2.71 bits per heavy atom. The van der Waals surface area contributed by atoms with Gasteiger partial charge in [-0.3, -0.25) is 14.7 Å². The fourth-order valence-electron chi connectivity index (χ4n) is 3.68. The third-order valence-electron chi connectivity index (χ3n) is 5.13. The van der Waals surface area contributed by atoms with Crippen LogP contribution in [0.4, 0.5) is 5.69 Å². The second-order valence-corrected chi connectivity index (χ2v) is 6.98. The molecule has 1 aliphatic heterocycles. The molecule has 1 aliphatic rings. The van der Waals surface area contributed by atoms with Crippen molar-refractivity contribution >= 4 is 28.3 Å². The van der Waals surface area contributed by atoms with Crippen molar-refractivity contribution in [3.63, 3.8) is 0 Å². The highest BCUT2D eigenvalue weighted by molar-refractivity contribution is 6.04. The molecule has 0 saturated carbocycles. The number of rotatable bonds is 5. The van der Waals surface area contributed by atoms with Gasteiger partial charge in [-0.05, 0) is 37.4 Å². The smallest absolute Gasteiger partial charge is 0.255 e. The normalized spacial score (nSPS) is 14.7. The zero-order chi connectivity index (χ0) is 19.3. The van der Waals surface area contributed by atoms with Crippen LogP contribution >= 0.6 is 0 Å². The minimum atomic E-state index is -0.282. The first-order valence-corrected chi connectivity index (χ1v) is 9.52. The van der Waals surface area contributed by atoms with Crippen LogP contribution in [-0.2, 0) is 4.79 Å². The van der Waals surface area contributed by atoms with Crippen molar-refractivity contribution in [1.82, 2.24) is 20.8 Å². The van der Waals surface area contributed by atoms with Gasteiger partial charge in [0.15, 0.2) is 0 Å². The van der Waals surface area contributed by atoms with E-state index in [9.17, 15) is 9.59 Å². The second-order valence-electron chi connectivity index (χ2n) is 6.98. The summed E-state index contributed by atoms with van der Waals surface area (Å²) >= 11 is 0. The highest BCUT2D eigenvalue weighted by atomic mass is 16.2. The number of anilines is 1. The maximum absolute atomic E-state index is 12.6. The second kappa shape index (κ2) is 8.22. The minimum Gasteiger partial charge on any atom is -0.343 e. The number of carbonyl (C=O) groups excluding carboxylic acids is 2. The van der Waals surface area contributed by atoms with Crippen molar-refractivity contribution < 1.29 is 9.59 Å². The number of carbonyl (C=O) groups is 2. The Morgan fingerprint density at radius 1 is 1.07 bits per heavy atom. The molecule has 7 nitrogen and oxygen atoms in total. The Balaban J connectivity index is 1.39. The van der Waals surface area contributed by atoms with Crippen molar-refractivity contribution in [1.29, 1.82) is 0 Å². The van der Waals surface area contributed by atoms with Crippen LogP contribution in [0.25, 0.3) is 10.8 Å². The standard InChI is InChI=1S/C21H23N5O2/c27-19(25-18-7-3-5-14-4-1-2-6-16(14)18)13-23-21(28)17-12-24-26-20(17)15-8-10-22-11-9-15/h1-7,12,15,22H,8-11,13H2,(H,23,28)(H,24,26)(H,25,27). The maximum atomic E-state index is 12.6. The van der Waals surface area contributed by atoms with E-state index in [1.54, 1.807) is 0 Å². The molecule has 1 saturated heterocycles. The highest BCUT2D eigenvalue weighted by Crippen LogP contribution is 2.26. The summed E-state index contributed by atoms with van der Waals surface area (Å²) in [6, 6.07) is 13.6. The molecule has 2 aromatic carbocycles. The molecule has 2 heterocycles. The van der Waals surface area contributed by atoms with Gasteiger partial charge in [-0.25, -0.2) is 0 Å². The largest absolute Gasteiger partial charge is 0.343 e. The molecule has 1 fully saturated rings. The molecule has 0 radical (unpaired) electrons. The van der Waals surface area contributed by atoms with Crippen molar-refractivity contribution in [2.45, 2.75) is 18.8 Å². The maximum Gasteiger partial charge on any atom is 0.255 e. The Hall–Kier alpha value is -3.19. The van der Waals surface area contributed by atoms with Gasteiger partial charge in [0.05, 0.1) is 24.0 Å². The van der Waals surface area contributed by atoms with Crippen LogP contribution in [0.1, 0.15) is 34.8 Å². The van der Waals surface area contributed by atoms with E-state index in [0.717, 1.165) is 48.1 Å². The zero-order valence-electron chi connectivity index (χ0n) is 15.5. The van der Waals surface area contributed by atoms with E-state index in [-0.39, 0.29) is 24.3 Å². The molecule has 0 atom stereocenters. The molecule has 3 aromatic rings. The summed E-state index contributed by atoms with van der Waals surface area (Å²) in [6.07, 6.45) is 3.46. The number of H-pyrrole nitrogens is 1. The van der Waals surface area contributed by atoms with Gasteiger partial charge < -0.3 is 16.0 Å². The fraction of sp³-hybridized carbons (Fsp3) is 0.286. The van der Waals surface area contributed by atoms with Crippen LogP contribution in [0.2, 0.25) is 0 Å². The minimum absolute atomic E-state index is 0.0983. The summed E-state index contributed by atoms with van der Waals surface area (Å²) < 4.78 is 0. The summed E-state index contributed by atoms with van der Waals surface area (Å²) in [6.45, 7) is 1.76. The average molecular weight is 377 g/mol. The molecule has 0 aliphatic carbocycles. The lowest BCUT2D eigenvalue weighted by Gasteiger charge is -2.22. The highest BCUT2D eigenvalue weighted by Gasteiger charge is 2.23. The van der Waals surface area contributed by atoms with Crippen LogP contribution in [0.5, 0.6) is 0 Å². The molecule has 0 spiro atoms. The Morgan fingerprint density at radius 2 is 1.86 bits per heavy atom. The predicted octanol–water partition coefficient (Wildman–Crippen LogP) is 2.40. The van der Waals surface area contributed by atoms with Crippen LogP contribution in [-0.4, -0.2) is 41.6 Å². The Kier molecular flexibility index (Phi) is 5.34. The summed E-state index contributed by atoms with van der Waals surface area (Å²) in [5.41, 5.74) is 2.11. The van der Waals surface area contributed by atoms with Gasteiger partial charge in [-0.15, -0.1) is 0 Å². The van der Waals surface area contributed by atoms with Crippen molar-refractivity contribution in [3.8, 4) is 0 Å². The van der Waals surface area contributed by atoms with Gasteiger partial charge in [-0.2, -0.15) is 5.10 Å². The molecule has 0 unspecified atom stereocenters. The third-order valence-corrected chi connectivity index (χ3v) is 5.13. The van der Waals surface area contributed by atoms with Gasteiger partial charge >= 0.3 is 0 Å². The van der Waals surface area contributed by atoms with E-state index in [2.05, 4.69) is 26.1 Å². The lowest BCUT2D eigenvalue weighted by molar-refractivity contribution is -0.115. The Bertz CT molecular complexity index is 986. The summed E-state index contributed by atoms with van der Waals surface area (Å²) in [5, 5.41) is 17.9. The number of aromatic amines is 1. The van der Waals surface area contributed by atoms with Crippen molar-refractivity contribution in [2.75, 3.05) is 25.0 Å². The number of hydrogen-bond acceptors (Lipinski definition) is 4. The first kappa shape index (κ1) is 18.2.